The number of aryl methyl sites for hydroxylation is 1. The third kappa shape index (κ3) is 4.48. The van der Waals surface area contributed by atoms with Gasteiger partial charge in [0.2, 0.25) is 5.91 Å². The van der Waals surface area contributed by atoms with Crippen molar-refractivity contribution < 1.29 is 18.0 Å². The molecule has 2 aromatic carbocycles. The van der Waals surface area contributed by atoms with Crippen molar-refractivity contribution in [3.05, 3.63) is 63.4 Å². The van der Waals surface area contributed by atoms with Gasteiger partial charge in [-0.25, -0.2) is 4.68 Å². The molecule has 0 atom stereocenters. The molecule has 0 aliphatic rings. The molecule has 3 aromatic rings. The fourth-order valence-corrected chi connectivity index (χ4v) is 2.73. The van der Waals surface area contributed by atoms with Gasteiger partial charge in [-0.15, -0.1) is 5.10 Å². The smallest absolute Gasteiger partial charge is 0.325 e. The first-order chi connectivity index (χ1) is 13.3. The van der Waals surface area contributed by atoms with Gasteiger partial charge in [0.25, 0.3) is 5.56 Å². The minimum Gasteiger partial charge on any atom is -0.325 e. The predicted octanol–water partition coefficient (Wildman–Crippen LogP) is 3.88. The zero-order chi connectivity index (χ0) is 20.3. The van der Waals surface area contributed by atoms with E-state index in [4.69, 9.17) is 11.6 Å². The Morgan fingerprint density at radius 1 is 1.18 bits per heavy atom. The maximum Gasteiger partial charge on any atom is 0.416 e. The standard InChI is InChI=1S/C18H14ClF3N4O2/c19-13-8-7-11(18(20,21)22)10-15(13)23-16(27)6-3-9-26-17(28)12-4-1-2-5-14(12)24-25-26/h1-2,4-5,7-8,10H,3,6,9H2,(H,23,27). The number of nitrogens with zero attached hydrogens (tertiary/aromatic N) is 3. The zero-order valence-electron chi connectivity index (χ0n) is 14.3. The van der Waals surface area contributed by atoms with Gasteiger partial charge in [0.15, 0.2) is 0 Å². The van der Waals surface area contributed by atoms with Crippen molar-refractivity contribution in [2.45, 2.75) is 25.6 Å². The topological polar surface area (TPSA) is 76.9 Å². The average Bonchev–Trinajstić information content (AvgIpc) is 2.64. The van der Waals surface area contributed by atoms with Crippen molar-refractivity contribution in [3.8, 4) is 0 Å². The van der Waals surface area contributed by atoms with Crippen LogP contribution in [0.1, 0.15) is 18.4 Å². The number of rotatable bonds is 5. The largest absolute Gasteiger partial charge is 0.416 e. The fourth-order valence-electron chi connectivity index (χ4n) is 2.57. The molecule has 3 rings (SSSR count). The summed E-state index contributed by atoms with van der Waals surface area (Å²) in [5.41, 5.74) is -0.887. The molecular weight excluding hydrogens is 397 g/mol. The van der Waals surface area contributed by atoms with Crippen molar-refractivity contribution in [2.75, 3.05) is 5.32 Å². The van der Waals surface area contributed by atoms with Crippen LogP contribution in [0.2, 0.25) is 5.02 Å². The number of alkyl halides is 3. The van der Waals surface area contributed by atoms with E-state index < -0.39 is 17.6 Å². The lowest BCUT2D eigenvalue weighted by Crippen LogP contribution is -2.25. The second-order valence-electron chi connectivity index (χ2n) is 5.98. The molecule has 0 aliphatic heterocycles. The van der Waals surface area contributed by atoms with Crippen molar-refractivity contribution in [2.24, 2.45) is 0 Å². The average molecular weight is 411 g/mol. The van der Waals surface area contributed by atoms with Gasteiger partial charge in [0, 0.05) is 13.0 Å². The molecule has 6 nitrogen and oxygen atoms in total. The summed E-state index contributed by atoms with van der Waals surface area (Å²) >= 11 is 5.85. The zero-order valence-corrected chi connectivity index (χ0v) is 15.1. The number of amides is 1. The molecule has 28 heavy (non-hydrogen) atoms. The molecule has 1 heterocycles. The van der Waals surface area contributed by atoms with E-state index in [1.165, 1.54) is 0 Å². The van der Waals surface area contributed by atoms with Crippen LogP contribution in [0.5, 0.6) is 0 Å². The number of aromatic nitrogens is 3. The first kappa shape index (κ1) is 19.8. The summed E-state index contributed by atoms with van der Waals surface area (Å²) in [5.74, 6) is -0.525. The van der Waals surface area contributed by atoms with E-state index in [1.807, 2.05) is 0 Å². The van der Waals surface area contributed by atoms with Gasteiger partial charge in [-0.2, -0.15) is 13.2 Å². The highest BCUT2D eigenvalue weighted by molar-refractivity contribution is 6.33. The second kappa shape index (κ2) is 7.97. The van der Waals surface area contributed by atoms with Gasteiger partial charge in [-0.05, 0) is 36.8 Å². The predicted molar refractivity (Wildman–Crippen MR) is 98.1 cm³/mol. The Hall–Kier alpha value is -2.94. The van der Waals surface area contributed by atoms with Crippen LogP contribution in [-0.2, 0) is 17.5 Å². The monoisotopic (exact) mass is 410 g/mol. The SMILES string of the molecule is O=C(CCCn1nnc2ccccc2c1=O)Nc1cc(C(F)(F)F)ccc1Cl. The number of halogens is 4. The number of fused-ring (bicyclic) bond motifs is 1. The van der Waals surface area contributed by atoms with Crippen LogP contribution in [-0.4, -0.2) is 20.9 Å². The van der Waals surface area contributed by atoms with E-state index in [2.05, 4.69) is 15.6 Å². The number of carbonyl (C=O) groups excluding carboxylic acids is 1. The van der Waals surface area contributed by atoms with Crippen LogP contribution in [0.3, 0.4) is 0 Å². The molecule has 0 saturated carbocycles. The van der Waals surface area contributed by atoms with Gasteiger partial charge in [-0.1, -0.05) is 28.9 Å². The fraction of sp³-hybridized carbons (Fsp3) is 0.222. The summed E-state index contributed by atoms with van der Waals surface area (Å²) in [6.07, 6.45) is -4.33. The molecule has 0 aliphatic carbocycles. The van der Waals surface area contributed by atoms with E-state index in [1.54, 1.807) is 24.3 Å². The van der Waals surface area contributed by atoms with Gasteiger partial charge >= 0.3 is 6.18 Å². The van der Waals surface area contributed by atoms with Crippen molar-refractivity contribution >= 4 is 34.1 Å². The highest BCUT2D eigenvalue weighted by Gasteiger charge is 2.31. The lowest BCUT2D eigenvalue weighted by Gasteiger charge is -2.11. The Morgan fingerprint density at radius 3 is 2.68 bits per heavy atom. The quantitative estimate of drug-likeness (QED) is 0.692. The number of benzene rings is 2. The molecular formula is C18H14ClF3N4O2. The second-order valence-corrected chi connectivity index (χ2v) is 6.39. The van der Waals surface area contributed by atoms with Crippen LogP contribution < -0.4 is 10.9 Å². The first-order valence-electron chi connectivity index (χ1n) is 8.25. The molecule has 1 amide bonds. The van der Waals surface area contributed by atoms with E-state index in [0.29, 0.717) is 10.9 Å². The summed E-state index contributed by atoms with van der Waals surface area (Å²) in [5, 5.41) is 10.5. The molecule has 0 saturated heterocycles. The van der Waals surface area contributed by atoms with Gasteiger partial charge in [0.05, 0.1) is 21.7 Å². The lowest BCUT2D eigenvalue weighted by atomic mass is 10.2. The number of nitrogens with one attached hydrogen (secondary N) is 1. The number of anilines is 1. The maximum absolute atomic E-state index is 12.8. The van der Waals surface area contributed by atoms with Gasteiger partial charge in [0.1, 0.15) is 5.52 Å². The van der Waals surface area contributed by atoms with E-state index in [-0.39, 0.29) is 35.7 Å². The Balaban J connectivity index is 1.63. The number of hydrogen-bond donors (Lipinski definition) is 1. The number of carbonyl (C=O) groups is 1. The highest BCUT2D eigenvalue weighted by atomic mass is 35.5. The summed E-state index contributed by atoms with van der Waals surface area (Å²) in [4.78, 5) is 24.3. The molecule has 0 spiro atoms. The summed E-state index contributed by atoms with van der Waals surface area (Å²) in [6, 6.07) is 9.43. The Kier molecular flexibility index (Phi) is 5.64. The van der Waals surface area contributed by atoms with Crippen molar-refractivity contribution in [3.63, 3.8) is 0 Å². The van der Waals surface area contributed by atoms with E-state index in [0.717, 1.165) is 22.9 Å². The van der Waals surface area contributed by atoms with E-state index in [9.17, 15) is 22.8 Å². The summed E-state index contributed by atoms with van der Waals surface area (Å²) in [7, 11) is 0. The van der Waals surface area contributed by atoms with Gasteiger partial charge in [-0.3, -0.25) is 9.59 Å². The highest BCUT2D eigenvalue weighted by Crippen LogP contribution is 2.33. The Morgan fingerprint density at radius 2 is 1.93 bits per heavy atom. The molecule has 0 unspecified atom stereocenters. The van der Waals surface area contributed by atoms with Crippen LogP contribution in [0.4, 0.5) is 18.9 Å². The summed E-state index contributed by atoms with van der Waals surface area (Å²) in [6.45, 7) is 0.139. The molecule has 1 N–H and O–H groups in total. The van der Waals surface area contributed by atoms with Crippen LogP contribution >= 0.6 is 11.6 Å². The Bertz CT molecular complexity index is 1080. The normalized spacial score (nSPS) is 11.6. The third-order valence-corrected chi connectivity index (χ3v) is 4.30. The molecule has 1 aromatic heterocycles. The van der Waals surface area contributed by atoms with E-state index >= 15 is 0 Å². The maximum atomic E-state index is 12.8. The molecule has 0 fully saturated rings. The molecule has 10 heteroatoms. The number of hydrogen-bond acceptors (Lipinski definition) is 4. The molecule has 146 valence electrons. The van der Waals surface area contributed by atoms with Crippen LogP contribution in [0, 0.1) is 0 Å². The van der Waals surface area contributed by atoms with Crippen LogP contribution in [0.15, 0.2) is 47.3 Å². The molecule has 0 bridgehead atoms. The van der Waals surface area contributed by atoms with Crippen LogP contribution in [0.25, 0.3) is 10.9 Å². The minimum atomic E-state index is -4.54. The van der Waals surface area contributed by atoms with Gasteiger partial charge < -0.3 is 5.32 Å². The molecule has 0 radical (unpaired) electrons. The summed E-state index contributed by atoms with van der Waals surface area (Å²) < 4.78 is 39.5. The van der Waals surface area contributed by atoms with Crippen molar-refractivity contribution in [1.29, 1.82) is 0 Å². The van der Waals surface area contributed by atoms with Crippen molar-refractivity contribution in [1.82, 2.24) is 15.0 Å². The minimum absolute atomic E-state index is 0.00188. The Labute approximate surface area is 161 Å². The lowest BCUT2D eigenvalue weighted by molar-refractivity contribution is -0.137. The first-order valence-corrected chi connectivity index (χ1v) is 8.62. The third-order valence-electron chi connectivity index (χ3n) is 3.97.